The maximum absolute atomic E-state index is 11.0. The second kappa shape index (κ2) is 3.90. The van der Waals surface area contributed by atoms with Crippen molar-refractivity contribution in [3.05, 3.63) is 0 Å². The highest BCUT2D eigenvalue weighted by Gasteiger charge is 2.29. The minimum Gasteiger partial charge on any atom is -0.322 e. The summed E-state index contributed by atoms with van der Waals surface area (Å²) < 4.78 is 12.4. The van der Waals surface area contributed by atoms with E-state index in [1.54, 1.807) is 0 Å². The molecule has 0 rings (SSSR count). The van der Waals surface area contributed by atoms with E-state index in [0.29, 0.717) is 0 Å². The summed E-state index contributed by atoms with van der Waals surface area (Å²) >= 11 is 5.33. The van der Waals surface area contributed by atoms with Crippen LogP contribution in [0, 0.1) is 0 Å². The van der Waals surface area contributed by atoms with E-state index in [9.17, 15) is 4.57 Å². The first kappa shape index (κ1) is 11.4. The maximum Gasteiger partial charge on any atom is 0.361 e. The monoisotopic (exact) mass is 199 g/mol. The largest absolute Gasteiger partial charge is 0.361 e. The second-order valence-corrected chi connectivity index (χ2v) is 5.77. The summed E-state index contributed by atoms with van der Waals surface area (Å²) in [5.74, 6) is 0. The summed E-state index contributed by atoms with van der Waals surface area (Å²) in [6.07, 6.45) is 0. The lowest BCUT2D eigenvalue weighted by Gasteiger charge is -2.30. The average Bonchev–Trinajstić information content (AvgIpc) is 1.54. The molecule has 0 aromatic rings. The number of hydrogen-bond donors (Lipinski definition) is 1. The Morgan fingerprint density at radius 3 is 1.55 bits per heavy atom. The van der Waals surface area contributed by atoms with Crippen LogP contribution < -0.4 is 0 Å². The highest BCUT2D eigenvalue weighted by Crippen LogP contribution is 2.52. The number of halogens is 1. The molecule has 0 saturated heterocycles. The molecule has 0 aliphatic rings. The predicted molar refractivity (Wildman–Crippen MR) is 47.8 cm³/mol. The Morgan fingerprint density at radius 1 is 1.27 bits per heavy atom. The van der Waals surface area contributed by atoms with Crippen LogP contribution in [0.4, 0.5) is 0 Å². The third-order valence-corrected chi connectivity index (χ3v) is 3.36. The summed E-state index contributed by atoms with van der Waals surface area (Å²) in [4.78, 5) is 9.07. The standard InChI is InChI=1S/C6H15ClNO2P/c1-5(2)8(6(3)4)11(7,9)10/h5-6H,1-4H3,(H,9,10). The van der Waals surface area contributed by atoms with Gasteiger partial charge >= 0.3 is 6.87 Å². The maximum atomic E-state index is 11.0. The van der Waals surface area contributed by atoms with Crippen molar-refractivity contribution in [2.45, 2.75) is 39.8 Å². The Labute approximate surface area is 72.6 Å². The molecular formula is C6H15ClNO2P. The number of hydrogen-bond acceptors (Lipinski definition) is 1. The zero-order valence-corrected chi connectivity index (χ0v) is 8.93. The highest BCUT2D eigenvalue weighted by molar-refractivity contribution is 7.82. The van der Waals surface area contributed by atoms with E-state index in [1.165, 1.54) is 4.67 Å². The molecular weight excluding hydrogens is 184 g/mol. The number of rotatable bonds is 3. The van der Waals surface area contributed by atoms with Crippen molar-refractivity contribution in [1.29, 1.82) is 0 Å². The molecule has 0 amide bonds. The van der Waals surface area contributed by atoms with Gasteiger partial charge in [0.25, 0.3) is 0 Å². The fourth-order valence-corrected chi connectivity index (χ4v) is 3.35. The van der Waals surface area contributed by atoms with Crippen LogP contribution in [-0.2, 0) is 4.57 Å². The zero-order valence-electron chi connectivity index (χ0n) is 7.28. The highest BCUT2D eigenvalue weighted by atomic mass is 35.7. The topological polar surface area (TPSA) is 40.5 Å². The van der Waals surface area contributed by atoms with Crippen LogP contribution in [0.3, 0.4) is 0 Å². The molecule has 0 aromatic carbocycles. The molecule has 0 bridgehead atoms. The van der Waals surface area contributed by atoms with Gasteiger partial charge in [0, 0.05) is 12.1 Å². The van der Waals surface area contributed by atoms with Crippen molar-refractivity contribution < 1.29 is 9.46 Å². The van der Waals surface area contributed by atoms with Gasteiger partial charge in [-0.3, -0.25) is 4.57 Å². The van der Waals surface area contributed by atoms with Crippen LogP contribution in [-0.4, -0.2) is 21.6 Å². The first-order chi connectivity index (χ1) is 4.76. The molecule has 1 atom stereocenters. The van der Waals surface area contributed by atoms with E-state index in [0.717, 1.165) is 0 Å². The Hall–Kier alpha value is 0.440. The molecule has 0 heterocycles. The summed E-state index contributed by atoms with van der Waals surface area (Å²) in [5, 5.41) is 0. The lowest BCUT2D eigenvalue weighted by Crippen LogP contribution is -2.32. The Bertz CT molecular complexity index is 158. The minimum atomic E-state index is -3.58. The van der Waals surface area contributed by atoms with Gasteiger partial charge in [-0.1, -0.05) is 0 Å². The Kier molecular flexibility index (Phi) is 4.06. The molecule has 11 heavy (non-hydrogen) atoms. The van der Waals surface area contributed by atoms with Gasteiger partial charge in [0.1, 0.15) is 0 Å². The summed E-state index contributed by atoms with van der Waals surface area (Å²) in [7, 11) is 0. The van der Waals surface area contributed by atoms with Gasteiger partial charge in [0.05, 0.1) is 0 Å². The van der Waals surface area contributed by atoms with Crippen LogP contribution in [0.15, 0.2) is 0 Å². The van der Waals surface area contributed by atoms with Crippen molar-refractivity contribution in [3.8, 4) is 0 Å². The SMILES string of the molecule is CC(C)N(C(C)C)P(=O)(O)Cl. The van der Waals surface area contributed by atoms with Gasteiger partial charge in [0.2, 0.25) is 0 Å². The van der Waals surface area contributed by atoms with Gasteiger partial charge in [-0.25, -0.2) is 4.67 Å². The fraction of sp³-hybridized carbons (Fsp3) is 1.00. The first-order valence-electron chi connectivity index (χ1n) is 3.58. The van der Waals surface area contributed by atoms with Crippen molar-refractivity contribution in [2.24, 2.45) is 0 Å². The van der Waals surface area contributed by atoms with Gasteiger partial charge in [-0.15, -0.1) is 0 Å². The average molecular weight is 200 g/mol. The quantitative estimate of drug-likeness (QED) is 0.710. The first-order valence-corrected chi connectivity index (χ1v) is 6.09. The van der Waals surface area contributed by atoms with E-state index in [1.807, 2.05) is 27.7 Å². The van der Waals surface area contributed by atoms with Crippen LogP contribution in [0.5, 0.6) is 0 Å². The molecule has 0 radical (unpaired) electrons. The second-order valence-electron chi connectivity index (χ2n) is 3.04. The summed E-state index contributed by atoms with van der Waals surface area (Å²) in [6, 6.07) is -0.0216. The molecule has 1 N–H and O–H groups in total. The van der Waals surface area contributed by atoms with Gasteiger partial charge < -0.3 is 4.89 Å². The van der Waals surface area contributed by atoms with E-state index in [-0.39, 0.29) is 12.1 Å². The molecule has 68 valence electrons. The molecule has 0 fully saturated rings. The third kappa shape index (κ3) is 3.57. The zero-order chi connectivity index (χ0) is 9.23. The normalized spacial score (nSPS) is 17.9. The molecule has 0 saturated carbocycles. The van der Waals surface area contributed by atoms with Gasteiger partial charge in [-0.05, 0) is 38.9 Å². The van der Waals surface area contributed by atoms with E-state index < -0.39 is 6.87 Å². The summed E-state index contributed by atoms with van der Waals surface area (Å²) in [5.41, 5.74) is 0. The molecule has 0 aromatic heterocycles. The van der Waals surface area contributed by atoms with Crippen LogP contribution in [0.1, 0.15) is 27.7 Å². The predicted octanol–water partition coefficient (Wildman–Crippen LogP) is 2.44. The third-order valence-electron chi connectivity index (χ3n) is 1.34. The molecule has 1 unspecified atom stereocenters. The molecule has 0 aliphatic carbocycles. The molecule has 0 aliphatic heterocycles. The van der Waals surface area contributed by atoms with E-state index >= 15 is 0 Å². The van der Waals surface area contributed by atoms with E-state index in [2.05, 4.69) is 0 Å². The van der Waals surface area contributed by atoms with Crippen LogP contribution in [0.2, 0.25) is 0 Å². The molecule has 5 heteroatoms. The summed E-state index contributed by atoms with van der Waals surface area (Å²) in [6.45, 7) is 3.77. The molecule has 3 nitrogen and oxygen atoms in total. The van der Waals surface area contributed by atoms with Gasteiger partial charge in [0.15, 0.2) is 0 Å². The lowest BCUT2D eigenvalue weighted by molar-refractivity contribution is 0.273. The molecule has 0 spiro atoms. The van der Waals surface area contributed by atoms with Gasteiger partial charge in [-0.2, -0.15) is 0 Å². The van der Waals surface area contributed by atoms with Crippen molar-refractivity contribution in [3.63, 3.8) is 0 Å². The van der Waals surface area contributed by atoms with Crippen molar-refractivity contribution in [1.82, 2.24) is 4.67 Å². The Morgan fingerprint density at radius 2 is 1.55 bits per heavy atom. The minimum absolute atomic E-state index is 0.0108. The lowest BCUT2D eigenvalue weighted by atomic mass is 10.3. The fourth-order valence-electron chi connectivity index (χ4n) is 1.17. The Balaban J connectivity index is 4.49. The van der Waals surface area contributed by atoms with Crippen molar-refractivity contribution in [2.75, 3.05) is 0 Å². The van der Waals surface area contributed by atoms with E-state index in [4.69, 9.17) is 16.1 Å². The smallest absolute Gasteiger partial charge is 0.322 e. The van der Waals surface area contributed by atoms with Crippen LogP contribution in [0.25, 0.3) is 0 Å². The number of nitrogens with zero attached hydrogens (tertiary/aromatic N) is 1. The van der Waals surface area contributed by atoms with Crippen molar-refractivity contribution >= 4 is 18.1 Å². The van der Waals surface area contributed by atoms with Crippen LogP contribution >= 0.6 is 18.1 Å².